The minimum Gasteiger partial charge on any atom is -0.392 e. The normalized spacial score (nSPS) is 22.2. The van der Waals surface area contributed by atoms with E-state index < -0.39 is 28.8 Å². The van der Waals surface area contributed by atoms with Crippen molar-refractivity contribution in [3.05, 3.63) is 34.1 Å². The van der Waals surface area contributed by atoms with Gasteiger partial charge in [-0.05, 0) is 12.5 Å². The number of benzene rings is 1. The maximum absolute atomic E-state index is 13.1. The van der Waals surface area contributed by atoms with Crippen LogP contribution in [0, 0.1) is 15.9 Å². The maximum atomic E-state index is 13.1. The molecule has 0 saturated carbocycles. The molecule has 0 aliphatic carbocycles. The van der Waals surface area contributed by atoms with E-state index in [1.807, 2.05) is 0 Å². The first-order valence-corrected chi connectivity index (χ1v) is 5.63. The number of hydrogen-bond acceptors (Lipinski definition) is 5. The van der Waals surface area contributed by atoms with Gasteiger partial charge in [-0.15, -0.1) is 0 Å². The van der Waals surface area contributed by atoms with Crippen LogP contribution < -0.4 is 10.6 Å². The summed E-state index contributed by atoms with van der Waals surface area (Å²) in [5.74, 6) is -1.22. The minimum atomic E-state index is -0.702. The van der Waals surface area contributed by atoms with Gasteiger partial charge < -0.3 is 15.7 Å². The molecule has 7 nitrogen and oxygen atoms in total. The van der Waals surface area contributed by atoms with Crippen LogP contribution >= 0.6 is 0 Å². The predicted octanol–water partition coefficient (Wildman–Crippen LogP) is 0.395. The molecular formula is C11H12FN3O4. The quantitative estimate of drug-likeness (QED) is 0.544. The summed E-state index contributed by atoms with van der Waals surface area (Å²) in [5, 5.41) is 25.1. The molecule has 1 aromatic carbocycles. The number of aliphatic hydroxyl groups excluding tert-OH is 1. The summed E-state index contributed by atoms with van der Waals surface area (Å²) >= 11 is 0. The fourth-order valence-electron chi connectivity index (χ4n) is 1.90. The lowest BCUT2D eigenvalue weighted by Crippen LogP contribution is -2.35. The third-order valence-corrected chi connectivity index (χ3v) is 2.84. The summed E-state index contributed by atoms with van der Waals surface area (Å²) in [6.45, 7) is 0.281. The number of nitro benzene ring substituents is 1. The van der Waals surface area contributed by atoms with E-state index in [4.69, 9.17) is 0 Å². The maximum Gasteiger partial charge on any atom is 0.292 e. The number of anilines is 1. The lowest BCUT2D eigenvalue weighted by molar-refractivity contribution is -0.384. The van der Waals surface area contributed by atoms with Crippen molar-refractivity contribution in [2.75, 3.05) is 11.9 Å². The lowest BCUT2D eigenvalue weighted by atomic mass is 10.2. The molecule has 2 unspecified atom stereocenters. The number of aliphatic hydroxyl groups is 1. The van der Waals surface area contributed by atoms with Crippen LogP contribution in [0.25, 0.3) is 0 Å². The second kappa shape index (κ2) is 5.29. The molecule has 0 radical (unpaired) electrons. The van der Waals surface area contributed by atoms with Gasteiger partial charge in [0, 0.05) is 18.7 Å². The monoisotopic (exact) mass is 269 g/mol. The Bertz CT molecular complexity index is 523. The zero-order valence-corrected chi connectivity index (χ0v) is 9.80. The number of nitro groups is 1. The first kappa shape index (κ1) is 13.4. The molecule has 1 aliphatic heterocycles. The SMILES string of the molecule is O=C(Nc1cc(F)ccc1[N+](=O)[O-])C1CC(O)CN1. The van der Waals surface area contributed by atoms with Crippen molar-refractivity contribution in [2.24, 2.45) is 0 Å². The van der Waals surface area contributed by atoms with Crippen molar-refractivity contribution >= 4 is 17.3 Å². The van der Waals surface area contributed by atoms with Crippen LogP contribution in [0.5, 0.6) is 0 Å². The van der Waals surface area contributed by atoms with Gasteiger partial charge in [-0.3, -0.25) is 14.9 Å². The summed E-state index contributed by atoms with van der Waals surface area (Å²) < 4.78 is 13.1. The van der Waals surface area contributed by atoms with Crippen molar-refractivity contribution in [3.8, 4) is 0 Å². The standard InChI is InChI=1S/C11H12FN3O4/c12-6-1-2-10(15(18)19)8(3-6)14-11(17)9-4-7(16)5-13-9/h1-3,7,9,13,16H,4-5H2,(H,14,17). The summed E-state index contributed by atoms with van der Waals surface area (Å²) in [6.07, 6.45) is -0.409. The zero-order valence-electron chi connectivity index (χ0n) is 9.80. The van der Waals surface area contributed by atoms with E-state index in [0.29, 0.717) is 0 Å². The fourth-order valence-corrected chi connectivity index (χ4v) is 1.90. The third kappa shape index (κ3) is 3.04. The summed E-state index contributed by atoms with van der Waals surface area (Å²) in [6, 6.07) is 2.19. The molecule has 0 aromatic heterocycles. The van der Waals surface area contributed by atoms with E-state index in [1.54, 1.807) is 0 Å². The van der Waals surface area contributed by atoms with Crippen LogP contribution in [-0.4, -0.2) is 34.6 Å². The number of β-amino-alcohol motifs (C(OH)–C–C–N with tert-alkyl or cyclic N) is 1. The molecule has 1 saturated heterocycles. The van der Waals surface area contributed by atoms with Gasteiger partial charge in [0.1, 0.15) is 11.5 Å². The Balaban J connectivity index is 2.16. The zero-order chi connectivity index (χ0) is 14.0. The molecule has 1 aliphatic rings. The predicted molar refractivity (Wildman–Crippen MR) is 64.1 cm³/mol. The van der Waals surface area contributed by atoms with Crippen molar-refractivity contribution in [2.45, 2.75) is 18.6 Å². The third-order valence-electron chi connectivity index (χ3n) is 2.84. The average molecular weight is 269 g/mol. The van der Waals surface area contributed by atoms with Gasteiger partial charge in [-0.2, -0.15) is 0 Å². The molecule has 102 valence electrons. The number of hydrogen-bond donors (Lipinski definition) is 3. The Kier molecular flexibility index (Phi) is 3.72. The van der Waals surface area contributed by atoms with Gasteiger partial charge >= 0.3 is 0 Å². The van der Waals surface area contributed by atoms with E-state index in [0.717, 1.165) is 18.2 Å². The number of halogens is 1. The molecule has 1 amide bonds. The van der Waals surface area contributed by atoms with Crippen LogP contribution in [0.3, 0.4) is 0 Å². The molecule has 1 fully saturated rings. The first-order chi connectivity index (χ1) is 8.97. The molecule has 1 heterocycles. The highest BCUT2D eigenvalue weighted by Gasteiger charge is 2.29. The fraction of sp³-hybridized carbons (Fsp3) is 0.364. The van der Waals surface area contributed by atoms with Crippen LogP contribution in [0.2, 0.25) is 0 Å². The molecule has 19 heavy (non-hydrogen) atoms. The van der Waals surface area contributed by atoms with Gasteiger partial charge in [0.25, 0.3) is 5.69 Å². The number of amides is 1. The van der Waals surface area contributed by atoms with E-state index in [-0.39, 0.29) is 24.3 Å². The Morgan fingerprint density at radius 3 is 2.89 bits per heavy atom. The molecule has 8 heteroatoms. The number of nitrogens with zero attached hydrogens (tertiary/aromatic N) is 1. The lowest BCUT2D eigenvalue weighted by Gasteiger charge is -2.11. The van der Waals surface area contributed by atoms with Gasteiger partial charge in [0.05, 0.1) is 17.1 Å². The Labute approximate surface area is 107 Å². The van der Waals surface area contributed by atoms with E-state index in [1.165, 1.54) is 0 Å². The molecule has 2 rings (SSSR count). The van der Waals surface area contributed by atoms with Crippen molar-refractivity contribution < 1.29 is 19.2 Å². The van der Waals surface area contributed by atoms with Crippen LogP contribution in [0.4, 0.5) is 15.8 Å². The van der Waals surface area contributed by atoms with E-state index in [2.05, 4.69) is 10.6 Å². The van der Waals surface area contributed by atoms with Gasteiger partial charge in [0.2, 0.25) is 5.91 Å². The molecule has 0 spiro atoms. The highest BCUT2D eigenvalue weighted by atomic mass is 19.1. The highest BCUT2D eigenvalue weighted by molar-refractivity contribution is 5.96. The van der Waals surface area contributed by atoms with Crippen molar-refractivity contribution in [1.29, 1.82) is 0 Å². The number of carbonyl (C=O) groups is 1. The number of rotatable bonds is 3. The topological polar surface area (TPSA) is 104 Å². The minimum absolute atomic E-state index is 0.196. The first-order valence-electron chi connectivity index (χ1n) is 5.63. The summed E-state index contributed by atoms with van der Waals surface area (Å²) in [4.78, 5) is 21.9. The second-order valence-corrected chi connectivity index (χ2v) is 4.26. The molecule has 0 bridgehead atoms. The highest BCUT2D eigenvalue weighted by Crippen LogP contribution is 2.25. The Morgan fingerprint density at radius 2 is 2.32 bits per heavy atom. The Morgan fingerprint density at radius 1 is 1.58 bits per heavy atom. The second-order valence-electron chi connectivity index (χ2n) is 4.26. The number of carbonyl (C=O) groups excluding carboxylic acids is 1. The molecule has 2 atom stereocenters. The van der Waals surface area contributed by atoms with Gasteiger partial charge in [-0.1, -0.05) is 0 Å². The molecule has 3 N–H and O–H groups in total. The number of nitrogens with one attached hydrogen (secondary N) is 2. The van der Waals surface area contributed by atoms with Gasteiger partial charge in [0.15, 0.2) is 0 Å². The Hall–Kier alpha value is -2.06. The van der Waals surface area contributed by atoms with Crippen molar-refractivity contribution in [3.63, 3.8) is 0 Å². The van der Waals surface area contributed by atoms with Crippen LogP contribution in [-0.2, 0) is 4.79 Å². The van der Waals surface area contributed by atoms with E-state index in [9.17, 15) is 24.4 Å². The smallest absolute Gasteiger partial charge is 0.292 e. The summed E-state index contributed by atoms with van der Waals surface area (Å²) in [7, 11) is 0. The molecular weight excluding hydrogens is 257 g/mol. The van der Waals surface area contributed by atoms with Gasteiger partial charge in [-0.25, -0.2) is 4.39 Å². The molecule has 1 aromatic rings. The van der Waals surface area contributed by atoms with E-state index >= 15 is 0 Å². The van der Waals surface area contributed by atoms with Crippen molar-refractivity contribution in [1.82, 2.24) is 5.32 Å². The summed E-state index contributed by atoms with van der Waals surface area (Å²) in [5.41, 5.74) is -0.577. The average Bonchev–Trinajstić information content (AvgIpc) is 2.75. The largest absolute Gasteiger partial charge is 0.392 e. The van der Waals surface area contributed by atoms with Crippen LogP contribution in [0.1, 0.15) is 6.42 Å². The van der Waals surface area contributed by atoms with Crippen LogP contribution in [0.15, 0.2) is 18.2 Å².